The quantitative estimate of drug-likeness (QED) is 0.830. The van der Waals surface area contributed by atoms with Crippen LogP contribution in [0.15, 0.2) is 36.5 Å². The van der Waals surface area contributed by atoms with E-state index in [2.05, 4.69) is 0 Å². The first-order valence-corrected chi connectivity index (χ1v) is 6.90. The van der Waals surface area contributed by atoms with Crippen molar-refractivity contribution in [1.82, 2.24) is 4.57 Å². The number of hydrogen-bond acceptors (Lipinski definition) is 4. The van der Waals surface area contributed by atoms with Gasteiger partial charge in [0.05, 0.1) is 12.8 Å². The molecule has 0 fully saturated rings. The van der Waals surface area contributed by atoms with Crippen LogP contribution in [0, 0.1) is 0 Å². The molecule has 5 heteroatoms. The number of esters is 1. The smallest absolute Gasteiger partial charge is 0.355 e. The van der Waals surface area contributed by atoms with Gasteiger partial charge < -0.3 is 19.8 Å². The van der Waals surface area contributed by atoms with Crippen LogP contribution >= 0.6 is 0 Å². The fraction of sp³-hybridized carbons (Fsp3) is 0.312. The molecule has 5 nitrogen and oxygen atoms in total. The van der Waals surface area contributed by atoms with Gasteiger partial charge in [-0.1, -0.05) is 25.1 Å². The number of para-hydroxylation sites is 1. The van der Waals surface area contributed by atoms with E-state index in [0.29, 0.717) is 17.1 Å². The minimum absolute atomic E-state index is 0.167. The summed E-state index contributed by atoms with van der Waals surface area (Å²) in [7, 11) is 1.59. The van der Waals surface area contributed by atoms with Crippen LogP contribution in [0.3, 0.4) is 0 Å². The van der Waals surface area contributed by atoms with Crippen LogP contribution in [0.5, 0.6) is 5.75 Å². The number of nitrogens with two attached hydrogens (primary N) is 1. The van der Waals surface area contributed by atoms with Crippen molar-refractivity contribution in [3.05, 3.63) is 47.8 Å². The summed E-state index contributed by atoms with van der Waals surface area (Å²) in [5, 5.41) is 0. The average Bonchev–Trinajstić information content (AvgIpc) is 2.86. The minimum Gasteiger partial charge on any atom is -0.496 e. The Morgan fingerprint density at radius 1 is 1.33 bits per heavy atom. The van der Waals surface area contributed by atoms with Gasteiger partial charge in [-0.25, -0.2) is 4.79 Å². The third-order valence-electron chi connectivity index (χ3n) is 3.14. The van der Waals surface area contributed by atoms with Gasteiger partial charge >= 0.3 is 5.97 Å². The summed E-state index contributed by atoms with van der Waals surface area (Å²) in [4.78, 5) is 12.2. The molecule has 0 aliphatic carbocycles. The van der Waals surface area contributed by atoms with E-state index in [9.17, 15) is 4.79 Å². The van der Waals surface area contributed by atoms with E-state index >= 15 is 0 Å². The molecule has 2 aromatic rings. The molecule has 0 bridgehead atoms. The maximum atomic E-state index is 12.2. The molecule has 1 aromatic carbocycles. The largest absolute Gasteiger partial charge is 0.496 e. The number of aromatic nitrogens is 1. The Balaban J connectivity index is 2.08. The highest BCUT2D eigenvalue weighted by atomic mass is 16.5. The molecule has 0 aliphatic rings. The first-order valence-electron chi connectivity index (χ1n) is 6.90. The van der Waals surface area contributed by atoms with Crippen LogP contribution in [-0.2, 0) is 17.9 Å². The van der Waals surface area contributed by atoms with Crippen molar-refractivity contribution in [2.45, 2.75) is 26.5 Å². The molecular formula is C16H20N2O3. The summed E-state index contributed by atoms with van der Waals surface area (Å²) >= 11 is 0. The van der Waals surface area contributed by atoms with E-state index < -0.39 is 0 Å². The standard InChI is InChI=1S/C16H20N2O3/c1-3-8-18-10-13(17)9-14(18)16(19)21-11-12-6-4-5-7-15(12)20-2/h4-7,9-10H,3,8,11,17H2,1-2H3. The first kappa shape index (κ1) is 15.0. The molecular weight excluding hydrogens is 268 g/mol. The van der Waals surface area contributed by atoms with E-state index in [1.807, 2.05) is 35.8 Å². The number of carbonyl (C=O) groups is 1. The lowest BCUT2D eigenvalue weighted by molar-refractivity contribution is 0.0457. The topological polar surface area (TPSA) is 66.5 Å². The zero-order valence-electron chi connectivity index (χ0n) is 12.3. The highest BCUT2D eigenvalue weighted by Crippen LogP contribution is 2.19. The number of aryl methyl sites for hydroxylation is 1. The SMILES string of the molecule is CCCn1cc(N)cc1C(=O)OCc1ccccc1OC. The minimum atomic E-state index is -0.383. The third-order valence-corrected chi connectivity index (χ3v) is 3.14. The summed E-state index contributed by atoms with van der Waals surface area (Å²) in [6.07, 6.45) is 2.67. The summed E-state index contributed by atoms with van der Waals surface area (Å²) < 4.78 is 12.4. The Morgan fingerprint density at radius 3 is 2.81 bits per heavy atom. The number of rotatable bonds is 6. The summed E-state index contributed by atoms with van der Waals surface area (Å²) in [6, 6.07) is 9.09. The molecule has 0 saturated heterocycles. The number of nitrogen functional groups attached to an aromatic ring is 1. The van der Waals surface area contributed by atoms with Crippen molar-refractivity contribution >= 4 is 11.7 Å². The second-order valence-electron chi connectivity index (χ2n) is 4.74. The monoisotopic (exact) mass is 288 g/mol. The summed E-state index contributed by atoms with van der Waals surface area (Å²) in [6.45, 7) is 2.94. The number of hydrogen-bond donors (Lipinski definition) is 1. The summed E-state index contributed by atoms with van der Waals surface area (Å²) in [5.74, 6) is 0.319. The molecule has 2 rings (SSSR count). The summed E-state index contributed by atoms with van der Waals surface area (Å²) in [5.41, 5.74) is 7.62. The van der Waals surface area contributed by atoms with Crippen LogP contribution in [0.2, 0.25) is 0 Å². The molecule has 1 heterocycles. The predicted octanol–water partition coefficient (Wildman–Crippen LogP) is 2.85. The van der Waals surface area contributed by atoms with E-state index in [1.165, 1.54) is 0 Å². The Labute approximate surface area is 124 Å². The van der Waals surface area contributed by atoms with Gasteiger partial charge in [0.15, 0.2) is 0 Å². The van der Waals surface area contributed by atoms with Crippen LogP contribution in [0.1, 0.15) is 29.4 Å². The lowest BCUT2D eigenvalue weighted by Crippen LogP contribution is -2.12. The van der Waals surface area contributed by atoms with Crippen molar-refractivity contribution in [2.24, 2.45) is 0 Å². The Hall–Kier alpha value is -2.43. The van der Waals surface area contributed by atoms with Crippen molar-refractivity contribution in [1.29, 1.82) is 0 Å². The molecule has 0 radical (unpaired) electrons. The second-order valence-corrected chi connectivity index (χ2v) is 4.74. The molecule has 1 aromatic heterocycles. The number of anilines is 1. The fourth-order valence-corrected chi connectivity index (χ4v) is 2.17. The zero-order chi connectivity index (χ0) is 15.2. The number of benzene rings is 1. The second kappa shape index (κ2) is 6.83. The molecule has 0 spiro atoms. The molecule has 0 amide bonds. The first-order chi connectivity index (χ1) is 10.2. The maximum absolute atomic E-state index is 12.2. The Bertz CT molecular complexity index is 620. The Kier molecular flexibility index (Phi) is 4.87. The highest BCUT2D eigenvalue weighted by molar-refractivity contribution is 5.89. The van der Waals surface area contributed by atoms with Crippen molar-refractivity contribution in [3.8, 4) is 5.75 Å². The van der Waals surface area contributed by atoms with Gasteiger partial charge in [0.2, 0.25) is 0 Å². The van der Waals surface area contributed by atoms with Crippen molar-refractivity contribution in [2.75, 3.05) is 12.8 Å². The van der Waals surface area contributed by atoms with Gasteiger partial charge in [-0.3, -0.25) is 0 Å². The predicted molar refractivity (Wildman–Crippen MR) is 81.2 cm³/mol. The maximum Gasteiger partial charge on any atom is 0.355 e. The van der Waals surface area contributed by atoms with Crippen molar-refractivity contribution < 1.29 is 14.3 Å². The molecule has 0 unspecified atom stereocenters. The number of nitrogens with zero attached hydrogens (tertiary/aromatic N) is 1. The van der Waals surface area contributed by atoms with Gasteiger partial charge in [-0.2, -0.15) is 0 Å². The van der Waals surface area contributed by atoms with Gasteiger partial charge in [0, 0.05) is 18.3 Å². The van der Waals surface area contributed by atoms with Gasteiger partial charge in [0.1, 0.15) is 18.1 Å². The van der Waals surface area contributed by atoms with E-state index in [-0.39, 0.29) is 12.6 Å². The highest BCUT2D eigenvalue weighted by Gasteiger charge is 2.15. The molecule has 21 heavy (non-hydrogen) atoms. The average molecular weight is 288 g/mol. The van der Waals surface area contributed by atoms with Crippen LogP contribution in [-0.4, -0.2) is 17.6 Å². The lowest BCUT2D eigenvalue weighted by atomic mass is 10.2. The molecule has 0 aliphatic heterocycles. The molecule has 2 N–H and O–H groups in total. The van der Waals surface area contributed by atoms with Crippen molar-refractivity contribution in [3.63, 3.8) is 0 Å². The number of ether oxygens (including phenoxy) is 2. The number of carbonyl (C=O) groups excluding carboxylic acids is 1. The lowest BCUT2D eigenvalue weighted by Gasteiger charge is -2.10. The zero-order valence-corrected chi connectivity index (χ0v) is 12.3. The fourth-order valence-electron chi connectivity index (χ4n) is 2.17. The molecule has 0 saturated carbocycles. The van der Waals surface area contributed by atoms with E-state index in [1.54, 1.807) is 19.4 Å². The van der Waals surface area contributed by atoms with E-state index in [4.69, 9.17) is 15.2 Å². The van der Waals surface area contributed by atoms with E-state index in [0.717, 1.165) is 18.5 Å². The molecule has 0 atom stereocenters. The van der Waals surface area contributed by atoms with Crippen LogP contribution in [0.25, 0.3) is 0 Å². The van der Waals surface area contributed by atoms with Gasteiger partial charge in [0.25, 0.3) is 0 Å². The molecule has 112 valence electrons. The van der Waals surface area contributed by atoms with Gasteiger partial charge in [-0.15, -0.1) is 0 Å². The van der Waals surface area contributed by atoms with Crippen LogP contribution in [0.4, 0.5) is 5.69 Å². The van der Waals surface area contributed by atoms with Crippen LogP contribution < -0.4 is 10.5 Å². The number of methoxy groups -OCH3 is 1. The normalized spacial score (nSPS) is 10.4. The van der Waals surface area contributed by atoms with Gasteiger partial charge in [-0.05, 0) is 18.6 Å². The Morgan fingerprint density at radius 2 is 2.10 bits per heavy atom. The third kappa shape index (κ3) is 3.56.